The van der Waals surface area contributed by atoms with Gasteiger partial charge in [-0.2, -0.15) is 0 Å². The predicted molar refractivity (Wildman–Crippen MR) is 48.5 cm³/mol. The molecule has 1 aliphatic carbocycles. The first-order chi connectivity index (χ1) is 6.49. The van der Waals surface area contributed by atoms with Gasteiger partial charge in [0.15, 0.2) is 11.6 Å². The molecule has 0 unspecified atom stereocenters. The summed E-state index contributed by atoms with van der Waals surface area (Å²) in [5, 5.41) is 0. The highest BCUT2D eigenvalue weighted by molar-refractivity contribution is 6.31. The van der Waals surface area contributed by atoms with E-state index >= 15 is 0 Å². The van der Waals surface area contributed by atoms with Crippen LogP contribution in [0.15, 0.2) is 22.8 Å². The lowest BCUT2D eigenvalue weighted by atomic mass is 9.91. The first-order valence-corrected chi connectivity index (χ1v) is 4.05. The van der Waals surface area contributed by atoms with Crippen LogP contribution in [-0.4, -0.2) is 24.6 Å². The Balaban J connectivity index is 3.23. The van der Waals surface area contributed by atoms with Crippen molar-refractivity contribution < 1.29 is 19.1 Å². The fraction of sp³-hybridized carbons (Fsp3) is 0.300. The maximum Gasteiger partial charge on any atom is 0.342 e. The number of esters is 1. The third-order valence-corrected chi connectivity index (χ3v) is 2.06. The van der Waals surface area contributed by atoms with Crippen LogP contribution >= 0.6 is 0 Å². The lowest BCUT2D eigenvalue weighted by Crippen LogP contribution is -2.22. The Kier molecular flexibility index (Phi) is 2.65. The van der Waals surface area contributed by atoms with Crippen molar-refractivity contribution in [2.24, 2.45) is 0 Å². The van der Waals surface area contributed by atoms with E-state index in [2.05, 4.69) is 4.74 Å². The van der Waals surface area contributed by atoms with Crippen LogP contribution in [0.1, 0.15) is 13.8 Å². The van der Waals surface area contributed by atoms with Crippen molar-refractivity contribution in [2.45, 2.75) is 13.8 Å². The smallest absolute Gasteiger partial charge is 0.342 e. The van der Waals surface area contributed by atoms with Crippen molar-refractivity contribution >= 4 is 17.5 Å². The molecule has 1 rings (SSSR count). The predicted octanol–water partition coefficient (Wildman–Crippen LogP) is 0.574. The van der Waals surface area contributed by atoms with Gasteiger partial charge >= 0.3 is 5.97 Å². The zero-order chi connectivity index (χ0) is 10.9. The van der Waals surface area contributed by atoms with Crippen molar-refractivity contribution in [3.8, 4) is 0 Å². The summed E-state index contributed by atoms with van der Waals surface area (Å²) in [6, 6.07) is 0. The molecule has 0 aliphatic heterocycles. The molecule has 0 fully saturated rings. The number of carbonyl (C=O) groups excluding carboxylic acids is 3. The minimum atomic E-state index is -0.760. The number of Topliss-reactive ketones (excluding diaryl/α,β-unsaturated/α-hetero) is 1. The molecule has 0 saturated heterocycles. The van der Waals surface area contributed by atoms with E-state index in [0.717, 1.165) is 6.08 Å². The average molecular weight is 194 g/mol. The van der Waals surface area contributed by atoms with E-state index < -0.39 is 11.8 Å². The van der Waals surface area contributed by atoms with Crippen LogP contribution in [0.5, 0.6) is 0 Å². The second-order valence-electron chi connectivity index (χ2n) is 3.01. The van der Waals surface area contributed by atoms with Crippen molar-refractivity contribution in [2.75, 3.05) is 7.11 Å². The van der Waals surface area contributed by atoms with Crippen LogP contribution in [0.2, 0.25) is 0 Å². The molecule has 0 aromatic heterocycles. The fourth-order valence-corrected chi connectivity index (χ4v) is 1.28. The fourth-order valence-electron chi connectivity index (χ4n) is 1.28. The largest absolute Gasteiger partial charge is 0.465 e. The molecule has 0 atom stereocenters. The van der Waals surface area contributed by atoms with Gasteiger partial charge in [-0.3, -0.25) is 9.59 Å². The number of ether oxygens (including phenoxy) is 1. The van der Waals surface area contributed by atoms with E-state index in [0.29, 0.717) is 5.57 Å². The summed E-state index contributed by atoms with van der Waals surface area (Å²) in [6.07, 6.45) is 1.15. The van der Waals surface area contributed by atoms with Crippen LogP contribution < -0.4 is 0 Å². The van der Waals surface area contributed by atoms with E-state index in [1.807, 2.05) is 0 Å². The molecule has 0 aromatic carbocycles. The van der Waals surface area contributed by atoms with Crippen LogP contribution in [0.3, 0.4) is 0 Å². The van der Waals surface area contributed by atoms with E-state index in [1.54, 1.807) is 0 Å². The number of rotatable bonds is 1. The highest BCUT2D eigenvalue weighted by Crippen LogP contribution is 2.19. The van der Waals surface area contributed by atoms with Gasteiger partial charge in [-0.15, -0.1) is 0 Å². The van der Waals surface area contributed by atoms with Gasteiger partial charge in [0.1, 0.15) is 5.57 Å². The second kappa shape index (κ2) is 3.57. The summed E-state index contributed by atoms with van der Waals surface area (Å²) in [6.45, 7) is 2.99. The lowest BCUT2D eigenvalue weighted by Gasteiger charge is -2.12. The van der Waals surface area contributed by atoms with Crippen molar-refractivity contribution in [1.82, 2.24) is 0 Å². The van der Waals surface area contributed by atoms with Gasteiger partial charge in [0.2, 0.25) is 0 Å². The zero-order valence-electron chi connectivity index (χ0n) is 8.21. The Bertz CT molecular complexity index is 385. The third kappa shape index (κ3) is 1.51. The van der Waals surface area contributed by atoms with Crippen molar-refractivity contribution in [3.63, 3.8) is 0 Å². The van der Waals surface area contributed by atoms with E-state index in [1.165, 1.54) is 21.0 Å². The number of hydrogen-bond acceptors (Lipinski definition) is 4. The standard InChI is InChI=1S/C10H10O4/c1-5-4-7(11)8(10(13)14-3)6(2)9(5)12/h4H,1-3H3. The maximum atomic E-state index is 11.4. The zero-order valence-corrected chi connectivity index (χ0v) is 8.21. The van der Waals surface area contributed by atoms with Gasteiger partial charge in [-0.05, 0) is 19.9 Å². The van der Waals surface area contributed by atoms with Crippen molar-refractivity contribution in [1.29, 1.82) is 0 Å². The minimum absolute atomic E-state index is 0.154. The number of methoxy groups -OCH3 is 1. The third-order valence-electron chi connectivity index (χ3n) is 2.06. The Labute approximate surface area is 81.2 Å². The highest BCUT2D eigenvalue weighted by atomic mass is 16.5. The van der Waals surface area contributed by atoms with Crippen LogP contribution in [0, 0.1) is 0 Å². The molecule has 0 heterocycles. The topological polar surface area (TPSA) is 60.4 Å². The molecule has 4 nitrogen and oxygen atoms in total. The molecular formula is C10H10O4. The van der Waals surface area contributed by atoms with Gasteiger partial charge in [-0.25, -0.2) is 4.79 Å². The minimum Gasteiger partial charge on any atom is -0.465 e. The number of carbonyl (C=O) groups is 3. The monoisotopic (exact) mass is 194 g/mol. The van der Waals surface area contributed by atoms with E-state index in [-0.39, 0.29) is 16.9 Å². The summed E-state index contributed by atoms with van der Waals surface area (Å²) >= 11 is 0. The molecule has 0 aromatic rings. The van der Waals surface area contributed by atoms with Gasteiger partial charge in [0.05, 0.1) is 7.11 Å². The summed E-state index contributed by atoms with van der Waals surface area (Å²) in [5.74, 6) is -1.51. The number of hydrogen-bond donors (Lipinski definition) is 0. The quantitative estimate of drug-likeness (QED) is 0.348. The first-order valence-electron chi connectivity index (χ1n) is 4.05. The van der Waals surface area contributed by atoms with Gasteiger partial charge in [-0.1, -0.05) is 0 Å². The Morgan fingerprint density at radius 1 is 1.29 bits per heavy atom. The Morgan fingerprint density at radius 2 is 1.86 bits per heavy atom. The molecule has 14 heavy (non-hydrogen) atoms. The molecule has 0 saturated carbocycles. The van der Waals surface area contributed by atoms with Gasteiger partial charge < -0.3 is 4.74 Å². The van der Waals surface area contributed by atoms with Crippen LogP contribution in [-0.2, 0) is 19.1 Å². The average Bonchev–Trinajstić information content (AvgIpc) is 2.14. The molecule has 1 aliphatic rings. The molecule has 4 heteroatoms. The Hall–Kier alpha value is -1.71. The van der Waals surface area contributed by atoms with Gasteiger partial charge in [0, 0.05) is 11.1 Å². The number of allylic oxidation sites excluding steroid dienone is 3. The molecule has 0 bridgehead atoms. The first kappa shape index (κ1) is 10.4. The molecule has 74 valence electrons. The molecule has 0 spiro atoms. The summed E-state index contributed by atoms with van der Waals surface area (Å²) in [5.41, 5.74) is 0.338. The second-order valence-corrected chi connectivity index (χ2v) is 3.01. The number of ketones is 2. The molecular weight excluding hydrogens is 184 g/mol. The van der Waals surface area contributed by atoms with Crippen LogP contribution in [0.4, 0.5) is 0 Å². The van der Waals surface area contributed by atoms with Crippen LogP contribution in [0.25, 0.3) is 0 Å². The highest BCUT2D eigenvalue weighted by Gasteiger charge is 2.28. The van der Waals surface area contributed by atoms with Crippen molar-refractivity contribution in [3.05, 3.63) is 22.8 Å². The van der Waals surface area contributed by atoms with Gasteiger partial charge in [0.25, 0.3) is 0 Å². The van der Waals surface area contributed by atoms with E-state index in [4.69, 9.17) is 0 Å². The maximum absolute atomic E-state index is 11.4. The summed E-state index contributed by atoms with van der Waals surface area (Å²) < 4.78 is 4.41. The molecule has 0 radical (unpaired) electrons. The summed E-state index contributed by atoms with van der Waals surface area (Å²) in [7, 11) is 1.17. The van der Waals surface area contributed by atoms with E-state index in [9.17, 15) is 14.4 Å². The molecule has 0 amide bonds. The Morgan fingerprint density at radius 3 is 2.36 bits per heavy atom. The molecule has 0 N–H and O–H groups in total. The summed E-state index contributed by atoms with van der Waals surface area (Å²) in [4.78, 5) is 33.9. The normalized spacial score (nSPS) is 16.9. The SMILES string of the molecule is COC(=O)C1=C(C)C(=O)C(C)=CC1=O. The lowest BCUT2D eigenvalue weighted by molar-refractivity contribution is -0.137.